The third-order valence-corrected chi connectivity index (χ3v) is 2.95. The Bertz CT molecular complexity index is 697. The second-order valence-electron chi connectivity index (χ2n) is 3.88. The van der Waals surface area contributed by atoms with Crippen LogP contribution in [0, 0.1) is 6.92 Å². The highest BCUT2D eigenvalue weighted by Crippen LogP contribution is 2.21. The van der Waals surface area contributed by atoms with E-state index in [1.165, 1.54) is 0 Å². The molecule has 0 aliphatic carbocycles. The SMILES string of the molecule is Cc1ccn2nc(-c3nccn3C)nc(Cl)c12. The number of hydrogen-bond donors (Lipinski definition) is 0. The number of imidazole rings is 1. The number of aryl methyl sites for hydroxylation is 2. The topological polar surface area (TPSA) is 48.0 Å². The van der Waals surface area contributed by atoms with E-state index in [4.69, 9.17) is 11.6 Å². The van der Waals surface area contributed by atoms with E-state index in [9.17, 15) is 0 Å². The Morgan fingerprint density at radius 2 is 2.12 bits per heavy atom. The molecule has 3 aromatic heterocycles. The molecule has 0 aliphatic heterocycles. The molecule has 0 N–H and O–H groups in total. The highest BCUT2D eigenvalue weighted by atomic mass is 35.5. The summed E-state index contributed by atoms with van der Waals surface area (Å²) in [6.45, 7) is 1.98. The van der Waals surface area contributed by atoms with Gasteiger partial charge in [-0.2, -0.15) is 0 Å². The van der Waals surface area contributed by atoms with Crippen molar-refractivity contribution in [3.05, 3.63) is 35.4 Å². The lowest BCUT2D eigenvalue weighted by molar-refractivity contribution is 0.859. The van der Waals surface area contributed by atoms with E-state index in [0.717, 1.165) is 11.1 Å². The Morgan fingerprint density at radius 1 is 1.29 bits per heavy atom. The van der Waals surface area contributed by atoms with E-state index in [1.54, 1.807) is 10.7 Å². The van der Waals surface area contributed by atoms with Crippen molar-refractivity contribution in [3.63, 3.8) is 0 Å². The van der Waals surface area contributed by atoms with Crippen LogP contribution < -0.4 is 0 Å². The van der Waals surface area contributed by atoms with Crippen molar-refractivity contribution in [1.29, 1.82) is 0 Å². The molecule has 3 rings (SSSR count). The molecule has 0 amide bonds. The molecule has 0 fully saturated rings. The highest BCUT2D eigenvalue weighted by molar-refractivity contribution is 6.32. The molecule has 5 nitrogen and oxygen atoms in total. The third kappa shape index (κ3) is 1.51. The number of nitrogens with zero attached hydrogens (tertiary/aromatic N) is 5. The summed E-state index contributed by atoms with van der Waals surface area (Å²) in [5.74, 6) is 1.21. The number of rotatable bonds is 1. The molecule has 0 spiro atoms. The fraction of sp³-hybridized carbons (Fsp3) is 0.182. The fourth-order valence-corrected chi connectivity index (χ4v) is 2.12. The van der Waals surface area contributed by atoms with Crippen molar-refractivity contribution < 1.29 is 0 Å². The van der Waals surface area contributed by atoms with E-state index >= 15 is 0 Å². The Morgan fingerprint density at radius 3 is 2.82 bits per heavy atom. The fourth-order valence-electron chi connectivity index (χ4n) is 1.80. The highest BCUT2D eigenvalue weighted by Gasteiger charge is 2.12. The van der Waals surface area contributed by atoms with E-state index in [2.05, 4.69) is 15.1 Å². The third-order valence-electron chi connectivity index (χ3n) is 2.69. The van der Waals surface area contributed by atoms with Crippen molar-refractivity contribution in [1.82, 2.24) is 24.1 Å². The minimum atomic E-state index is 0.445. The molecule has 0 atom stereocenters. The smallest absolute Gasteiger partial charge is 0.217 e. The lowest BCUT2D eigenvalue weighted by atomic mass is 10.3. The monoisotopic (exact) mass is 247 g/mol. The molecule has 0 aliphatic rings. The molecule has 0 saturated carbocycles. The van der Waals surface area contributed by atoms with Gasteiger partial charge in [0.15, 0.2) is 11.0 Å². The van der Waals surface area contributed by atoms with Crippen molar-refractivity contribution in [2.24, 2.45) is 7.05 Å². The average Bonchev–Trinajstić information content (AvgIpc) is 2.85. The van der Waals surface area contributed by atoms with Gasteiger partial charge in [0.25, 0.3) is 0 Å². The quantitative estimate of drug-likeness (QED) is 0.662. The number of fused-ring (bicyclic) bond motifs is 1. The largest absolute Gasteiger partial charge is 0.331 e. The summed E-state index contributed by atoms with van der Waals surface area (Å²) in [7, 11) is 1.89. The van der Waals surface area contributed by atoms with Gasteiger partial charge in [0, 0.05) is 25.6 Å². The second kappa shape index (κ2) is 3.56. The van der Waals surface area contributed by atoms with Crippen molar-refractivity contribution in [2.45, 2.75) is 6.92 Å². The predicted octanol–water partition coefficient (Wildman–Crippen LogP) is 2.09. The van der Waals surface area contributed by atoms with Gasteiger partial charge in [0.2, 0.25) is 5.82 Å². The van der Waals surface area contributed by atoms with E-state index in [0.29, 0.717) is 16.8 Å². The van der Waals surface area contributed by atoms with Gasteiger partial charge in [-0.05, 0) is 18.6 Å². The van der Waals surface area contributed by atoms with Crippen LogP contribution in [0.1, 0.15) is 5.56 Å². The zero-order valence-electron chi connectivity index (χ0n) is 9.42. The molecule has 86 valence electrons. The van der Waals surface area contributed by atoms with Crippen LogP contribution in [0.5, 0.6) is 0 Å². The summed E-state index contributed by atoms with van der Waals surface area (Å²) >= 11 is 6.17. The van der Waals surface area contributed by atoms with Gasteiger partial charge in [-0.1, -0.05) is 11.6 Å². The molecule has 0 aromatic carbocycles. The van der Waals surface area contributed by atoms with Crippen LogP contribution in [0.15, 0.2) is 24.7 Å². The van der Waals surface area contributed by atoms with Crippen LogP contribution in [-0.4, -0.2) is 24.1 Å². The molecule has 0 radical (unpaired) electrons. The van der Waals surface area contributed by atoms with Gasteiger partial charge < -0.3 is 4.57 Å². The van der Waals surface area contributed by atoms with Gasteiger partial charge in [-0.25, -0.2) is 14.5 Å². The van der Waals surface area contributed by atoms with Gasteiger partial charge in [-0.3, -0.25) is 0 Å². The Balaban J connectivity index is 2.30. The zero-order chi connectivity index (χ0) is 12.0. The summed E-state index contributed by atoms with van der Waals surface area (Å²) in [5, 5.41) is 4.84. The summed E-state index contributed by atoms with van der Waals surface area (Å²) in [4.78, 5) is 8.49. The minimum Gasteiger partial charge on any atom is -0.331 e. The van der Waals surface area contributed by atoms with Crippen LogP contribution in [0.3, 0.4) is 0 Å². The molecular weight excluding hydrogens is 238 g/mol. The van der Waals surface area contributed by atoms with E-state index < -0.39 is 0 Å². The first kappa shape index (κ1) is 10.3. The standard InChI is InChI=1S/C11H10ClN5/c1-7-3-5-17-8(7)9(12)14-10(15-17)11-13-4-6-16(11)2/h3-6H,1-2H3. The Kier molecular flexibility index (Phi) is 2.16. The lowest BCUT2D eigenvalue weighted by Crippen LogP contribution is -2.02. The van der Waals surface area contributed by atoms with Gasteiger partial charge in [-0.15, -0.1) is 5.10 Å². The molecule has 0 bridgehead atoms. The van der Waals surface area contributed by atoms with Crippen LogP contribution >= 0.6 is 11.6 Å². The van der Waals surface area contributed by atoms with Gasteiger partial charge in [0.05, 0.1) is 0 Å². The Labute approximate surface area is 103 Å². The first-order chi connectivity index (χ1) is 8.16. The molecule has 3 heterocycles. The van der Waals surface area contributed by atoms with Crippen LogP contribution in [0.25, 0.3) is 17.2 Å². The predicted molar refractivity (Wildman–Crippen MR) is 64.9 cm³/mol. The summed E-state index contributed by atoms with van der Waals surface area (Å²) in [6, 6.07) is 1.96. The van der Waals surface area contributed by atoms with Crippen molar-refractivity contribution in [2.75, 3.05) is 0 Å². The van der Waals surface area contributed by atoms with Crippen LogP contribution in [0.2, 0.25) is 5.15 Å². The van der Waals surface area contributed by atoms with Crippen molar-refractivity contribution >= 4 is 17.1 Å². The molecule has 17 heavy (non-hydrogen) atoms. The van der Waals surface area contributed by atoms with Crippen molar-refractivity contribution in [3.8, 4) is 11.6 Å². The average molecular weight is 248 g/mol. The maximum atomic E-state index is 6.17. The number of hydrogen-bond acceptors (Lipinski definition) is 3. The van der Waals surface area contributed by atoms with Crippen LogP contribution in [0.4, 0.5) is 0 Å². The maximum Gasteiger partial charge on any atom is 0.217 e. The molecule has 6 heteroatoms. The van der Waals surface area contributed by atoms with Crippen LogP contribution in [-0.2, 0) is 7.05 Å². The molecule has 0 unspecified atom stereocenters. The summed E-state index contributed by atoms with van der Waals surface area (Å²) < 4.78 is 3.59. The normalized spacial score (nSPS) is 11.2. The maximum absolute atomic E-state index is 6.17. The van der Waals surface area contributed by atoms with Gasteiger partial charge in [0.1, 0.15) is 5.52 Å². The second-order valence-corrected chi connectivity index (χ2v) is 4.24. The van der Waals surface area contributed by atoms with Gasteiger partial charge >= 0.3 is 0 Å². The first-order valence-electron chi connectivity index (χ1n) is 5.16. The molecule has 0 saturated heterocycles. The number of aromatic nitrogens is 5. The Hall–Kier alpha value is -1.88. The minimum absolute atomic E-state index is 0.445. The zero-order valence-corrected chi connectivity index (χ0v) is 10.2. The molecule has 3 aromatic rings. The van der Waals surface area contributed by atoms with E-state index in [1.807, 2.05) is 37.0 Å². The number of halogens is 1. The summed E-state index contributed by atoms with van der Waals surface area (Å²) in [5.41, 5.74) is 1.89. The first-order valence-corrected chi connectivity index (χ1v) is 5.54. The summed E-state index contributed by atoms with van der Waals surface area (Å²) in [6.07, 6.45) is 5.42. The molecular formula is C11H10ClN5. The lowest BCUT2D eigenvalue weighted by Gasteiger charge is -2.03. The van der Waals surface area contributed by atoms with E-state index in [-0.39, 0.29) is 0 Å².